The number of hydrogen-bond donors (Lipinski definition) is 1. The van der Waals surface area contributed by atoms with Gasteiger partial charge in [-0.15, -0.1) is 0 Å². The van der Waals surface area contributed by atoms with Crippen molar-refractivity contribution in [3.05, 3.63) is 35.4 Å². The lowest BCUT2D eigenvalue weighted by Gasteiger charge is -2.38. The summed E-state index contributed by atoms with van der Waals surface area (Å²) in [4.78, 5) is 0. The van der Waals surface area contributed by atoms with E-state index >= 15 is 0 Å². The molecule has 1 aromatic carbocycles. The highest BCUT2D eigenvalue weighted by atomic mass is 19.1. The van der Waals surface area contributed by atoms with E-state index in [1.54, 1.807) is 0 Å². The van der Waals surface area contributed by atoms with Crippen molar-refractivity contribution in [3.63, 3.8) is 0 Å². The summed E-state index contributed by atoms with van der Waals surface area (Å²) in [6.45, 7) is 4.18. The van der Waals surface area contributed by atoms with Crippen LogP contribution in [-0.4, -0.2) is 13.1 Å². The molecule has 0 saturated heterocycles. The summed E-state index contributed by atoms with van der Waals surface area (Å²) >= 11 is 0. The van der Waals surface area contributed by atoms with E-state index in [9.17, 15) is 8.78 Å². The van der Waals surface area contributed by atoms with Gasteiger partial charge in [0.15, 0.2) is 0 Å². The number of fused-ring (bicyclic) bond motifs is 2. The second-order valence-electron chi connectivity index (χ2n) is 7.07. The van der Waals surface area contributed by atoms with E-state index < -0.39 is 11.6 Å². The van der Waals surface area contributed by atoms with Crippen LogP contribution < -0.4 is 5.32 Å². The number of hydrogen-bond acceptors (Lipinski definition) is 1. The Morgan fingerprint density at radius 1 is 1.19 bits per heavy atom. The molecule has 1 aromatic rings. The zero-order chi connectivity index (χ0) is 14.9. The average Bonchev–Trinajstić information content (AvgIpc) is 2.98. The fourth-order valence-corrected chi connectivity index (χ4v) is 4.69. The quantitative estimate of drug-likeness (QED) is 0.771. The number of rotatable bonds is 6. The van der Waals surface area contributed by atoms with Crippen LogP contribution in [0.25, 0.3) is 0 Å². The molecule has 3 atom stereocenters. The highest BCUT2D eigenvalue weighted by Crippen LogP contribution is 2.57. The molecule has 0 heterocycles. The van der Waals surface area contributed by atoms with Crippen molar-refractivity contribution in [2.75, 3.05) is 13.1 Å². The zero-order valence-electron chi connectivity index (χ0n) is 12.8. The average molecular weight is 293 g/mol. The van der Waals surface area contributed by atoms with E-state index in [-0.39, 0.29) is 5.41 Å². The molecule has 3 heteroatoms. The van der Waals surface area contributed by atoms with Crippen molar-refractivity contribution in [1.82, 2.24) is 5.32 Å². The van der Waals surface area contributed by atoms with Gasteiger partial charge in [0.2, 0.25) is 0 Å². The first-order chi connectivity index (χ1) is 10.1. The predicted molar refractivity (Wildman–Crippen MR) is 81.1 cm³/mol. The molecule has 2 saturated carbocycles. The Labute approximate surface area is 126 Å². The van der Waals surface area contributed by atoms with Crippen LogP contribution >= 0.6 is 0 Å². The first-order valence-corrected chi connectivity index (χ1v) is 8.27. The maximum Gasteiger partial charge on any atom is 0.126 e. The maximum absolute atomic E-state index is 13.5. The SMILES string of the molecule is CCCNCC1(Cc2cc(F)cc(F)c2)CC2CCC1C2. The standard InChI is InChI=1S/C18H25F2N/c1-2-5-21-12-18(10-13-3-4-15(18)6-13)11-14-7-16(19)9-17(20)8-14/h7-9,13,15,21H,2-6,10-12H2,1H3. The lowest BCUT2D eigenvalue weighted by molar-refractivity contribution is 0.156. The summed E-state index contributed by atoms with van der Waals surface area (Å²) in [7, 11) is 0. The van der Waals surface area contributed by atoms with Gasteiger partial charge in [0.25, 0.3) is 0 Å². The third kappa shape index (κ3) is 3.13. The van der Waals surface area contributed by atoms with Gasteiger partial charge in [-0.1, -0.05) is 13.3 Å². The van der Waals surface area contributed by atoms with Gasteiger partial charge in [0.1, 0.15) is 11.6 Å². The first kappa shape index (κ1) is 15.0. The first-order valence-electron chi connectivity index (χ1n) is 8.27. The Kier molecular flexibility index (Phi) is 4.30. The van der Waals surface area contributed by atoms with Gasteiger partial charge in [-0.25, -0.2) is 8.78 Å². The summed E-state index contributed by atoms with van der Waals surface area (Å²) in [5.41, 5.74) is 1.02. The van der Waals surface area contributed by atoms with Crippen molar-refractivity contribution in [2.24, 2.45) is 17.3 Å². The molecule has 2 aliphatic carbocycles. The molecule has 0 aliphatic heterocycles. The van der Waals surface area contributed by atoms with Crippen LogP contribution in [0.3, 0.4) is 0 Å². The van der Waals surface area contributed by atoms with Gasteiger partial charge < -0.3 is 5.32 Å². The molecule has 1 N–H and O–H groups in total. The zero-order valence-corrected chi connectivity index (χ0v) is 12.8. The number of benzene rings is 1. The molecule has 3 rings (SSSR count). The van der Waals surface area contributed by atoms with E-state index in [2.05, 4.69) is 12.2 Å². The van der Waals surface area contributed by atoms with E-state index in [0.29, 0.717) is 0 Å². The monoisotopic (exact) mass is 293 g/mol. The van der Waals surface area contributed by atoms with Crippen molar-refractivity contribution in [1.29, 1.82) is 0 Å². The van der Waals surface area contributed by atoms with Crippen LogP contribution in [0, 0.1) is 28.9 Å². The van der Waals surface area contributed by atoms with Gasteiger partial charge in [0.05, 0.1) is 0 Å². The fraction of sp³-hybridized carbons (Fsp3) is 0.667. The number of nitrogens with one attached hydrogen (secondary N) is 1. The third-order valence-corrected chi connectivity index (χ3v) is 5.48. The van der Waals surface area contributed by atoms with Crippen LogP contribution in [-0.2, 0) is 6.42 Å². The van der Waals surface area contributed by atoms with Gasteiger partial charge in [-0.2, -0.15) is 0 Å². The minimum atomic E-state index is -0.454. The van der Waals surface area contributed by atoms with Gasteiger partial charge in [-0.05, 0) is 73.6 Å². The molecular formula is C18H25F2N. The van der Waals surface area contributed by atoms with Gasteiger partial charge in [-0.3, -0.25) is 0 Å². The lowest BCUT2D eigenvalue weighted by Crippen LogP contribution is -2.40. The van der Waals surface area contributed by atoms with Crippen molar-refractivity contribution in [3.8, 4) is 0 Å². The molecule has 0 aromatic heterocycles. The smallest absolute Gasteiger partial charge is 0.126 e. The van der Waals surface area contributed by atoms with E-state index in [4.69, 9.17) is 0 Å². The normalized spacial score (nSPS) is 31.0. The molecule has 2 fully saturated rings. The molecule has 0 radical (unpaired) electrons. The largest absolute Gasteiger partial charge is 0.316 e. The molecule has 0 amide bonds. The summed E-state index contributed by atoms with van der Waals surface area (Å²) < 4.78 is 26.9. The second kappa shape index (κ2) is 6.04. The minimum Gasteiger partial charge on any atom is -0.316 e. The predicted octanol–water partition coefficient (Wildman–Crippen LogP) is 4.31. The van der Waals surface area contributed by atoms with E-state index in [1.165, 1.54) is 37.8 Å². The lowest BCUT2D eigenvalue weighted by atomic mass is 9.69. The third-order valence-electron chi connectivity index (χ3n) is 5.48. The summed E-state index contributed by atoms with van der Waals surface area (Å²) in [5, 5.41) is 3.56. The van der Waals surface area contributed by atoms with Crippen LogP contribution in [0.4, 0.5) is 8.78 Å². The summed E-state index contributed by atoms with van der Waals surface area (Å²) in [6.07, 6.45) is 7.09. The Balaban J connectivity index is 1.79. The van der Waals surface area contributed by atoms with Crippen LogP contribution in [0.1, 0.15) is 44.6 Å². The highest BCUT2D eigenvalue weighted by molar-refractivity contribution is 5.21. The molecule has 0 spiro atoms. The van der Waals surface area contributed by atoms with Crippen LogP contribution in [0.2, 0.25) is 0 Å². The van der Waals surface area contributed by atoms with Crippen LogP contribution in [0.5, 0.6) is 0 Å². The molecule has 2 bridgehead atoms. The maximum atomic E-state index is 13.5. The Morgan fingerprint density at radius 3 is 2.52 bits per heavy atom. The van der Waals surface area contributed by atoms with Crippen molar-refractivity contribution >= 4 is 0 Å². The van der Waals surface area contributed by atoms with Crippen molar-refractivity contribution < 1.29 is 8.78 Å². The summed E-state index contributed by atoms with van der Waals surface area (Å²) in [5.74, 6) is 0.643. The molecule has 3 unspecified atom stereocenters. The van der Waals surface area contributed by atoms with E-state index in [1.807, 2.05) is 0 Å². The fourth-order valence-electron chi connectivity index (χ4n) is 4.69. The van der Waals surface area contributed by atoms with Crippen molar-refractivity contribution in [2.45, 2.75) is 45.4 Å². The van der Waals surface area contributed by atoms with Gasteiger partial charge >= 0.3 is 0 Å². The Hall–Kier alpha value is -0.960. The minimum absolute atomic E-state index is 0.207. The van der Waals surface area contributed by atoms with Gasteiger partial charge in [0, 0.05) is 12.6 Å². The van der Waals surface area contributed by atoms with E-state index in [0.717, 1.165) is 49.4 Å². The molecule has 1 nitrogen and oxygen atoms in total. The Bertz CT molecular complexity index is 482. The highest BCUT2D eigenvalue weighted by Gasteiger charge is 2.50. The summed E-state index contributed by atoms with van der Waals surface area (Å²) in [6, 6.07) is 3.99. The molecular weight excluding hydrogens is 268 g/mol. The topological polar surface area (TPSA) is 12.0 Å². The molecule has 2 aliphatic rings. The Morgan fingerprint density at radius 2 is 1.95 bits per heavy atom. The molecule has 116 valence electrons. The number of halogens is 2. The molecule has 21 heavy (non-hydrogen) atoms. The second-order valence-corrected chi connectivity index (χ2v) is 7.07. The van der Waals surface area contributed by atoms with Crippen LogP contribution in [0.15, 0.2) is 18.2 Å².